The molecule has 16 heavy (non-hydrogen) atoms. The molecule has 0 aromatic rings. The maximum absolute atomic E-state index is 11.7. The Balaban J connectivity index is 2.44. The van der Waals surface area contributed by atoms with Gasteiger partial charge >= 0.3 is 0 Å². The lowest BCUT2D eigenvalue weighted by Gasteiger charge is -2.39. The molecule has 1 fully saturated rings. The number of hydrogen-bond acceptors (Lipinski definition) is 3. The third-order valence-corrected chi connectivity index (χ3v) is 3.51. The van der Waals surface area contributed by atoms with E-state index in [4.69, 9.17) is 5.73 Å². The lowest BCUT2D eigenvalue weighted by Crippen LogP contribution is -2.50. The van der Waals surface area contributed by atoms with Gasteiger partial charge in [-0.1, -0.05) is 0 Å². The topological polar surface area (TPSA) is 49.6 Å². The fraction of sp³-hybridized carbons (Fsp3) is 0.917. The van der Waals surface area contributed by atoms with Crippen molar-refractivity contribution in [3.63, 3.8) is 0 Å². The van der Waals surface area contributed by atoms with Crippen LogP contribution in [0.5, 0.6) is 0 Å². The van der Waals surface area contributed by atoms with Crippen LogP contribution in [0.15, 0.2) is 0 Å². The molecule has 1 amide bonds. The summed E-state index contributed by atoms with van der Waals surface area (Å²) in [6.45, 7) is 8.36. The van der Waals surface area contributed by atoms with Gasteiger partial charge in [0.2, 0.25) is 5.91 Å². The van der Waals surface area contributed by atoms with Crippen molar-refractivity contribution in [1.29, 1.82) is 0 Å². The molecule has 0 bridgehead atoms. The van der Waals surface area contributed by atoms with Gasteiger partial charge in [0.15, 0.2) is 0 Å². The molecule has 94 valence electrons. The van der Waals surface area contributed by atoms with E-state index in [1.807, 2.05) is 11.9 Å². The lowest BCUT2D eigenvalue weighted by atomic mass is 10.0. The molecule has 0 aromatic carbocycles. The number of amides is 1. The number of hydrogen-bond donors (Lipinski definition) is 1. The van der Waals surface area contributed by atoms with Crippen LogP contribution in [0.4, 0.5) is 0 Å². The highest BCUT2D eigenvalue weighted by Crippen LogP contribution is 2.17. The van der Waals surface area contributed by atoms with Gasteiger partial charge in [-0.15, -0.1) is 0 Å². The molecule has 1 aliphatic rings. The van der Waals surface area contributed by atoms with E-state index < -0.39 is 0 Å². The minimum Gasteiger partial charge on any atom is -0.341 e. The van der Waals surface area contributed by atoms with E-state index in [1.54, 1.807) is 6.92 Å². The molecule has 0 saturated carbocycles. The first kappa shape index (κ1) is 13.5. The quantitative estimate of drug-likeness (QED) is 0.771. The number of carbonyl (C=O) groups is 1. The minimum atomic E-state index is -0.381. The lowest BCUT2D eigenvalue weighted by molar-refractivity contribution is -0.133. The Morgan fingerprint density at radius 3 is 2.19 bits per heavy atom. The fourth-order valence-electron chi connectivity index (χ4n) is 2.29. The summed E-state index contributed by atoms with van der Waals surface area (Å²) in [5.41, 5.74) is 5.62. The van der Waals surface area contributed by atoms with Gasteiger partial charge in [0, 0.05) is 32.2 Å². The van der Waals surface area contributed by atoms with Gasteiger partial charge < -0.3 is 15.5 Å². The highest BCUT2D eigenvalue weighted by Gasteiger charge is 2.27. The number of piperidine rings is 1. The molecule has 0 spiro atoms. The van der Waals surface area contributed by atoms with Crippen molar-refractivity contribution in [2.75, 3.05) is 20.1 Å². The Hall–Kier alpha value is -0.610. The SMILES string of the molecule is CC(C)N1CCC(N(C)C(=O)[C@@H](C)N)CC1. The number of carbonyl (C=O) groups excluding carboxylic acids is 1. The first-order chi connectivity index (χ1) is 7.43. The molecule has 4 heteroatoms. The molecule has 1 atom stereocenters. The van der Waals surface area contributed by atoms with Crippen LogP contribution in [0, 0.1) is 0 Å². The van der Waals surface area contributed by atoms with Gasteiger partial charge in [0.25, 0.3) is 0 Å². The van der Waals surface area contributed by atoms with E-state index in [9.17, 15) is 4.79 Å². The number of likely N-dealkylation sites (tertiary alicyclic amines) is 1. The molecule has 1 aliphatic heterocycles. The zero-order chi connectivity index (χ0) is 12.3. The number of likely N-dealkylation sites (N-methyl/N-ethyl adjacent to an activating group) is 1. The largest absolute Gasteiger partial charge is 0.341 e. The van der Waals surface area contributed by atoms with Crippen LogP contribution in [0.3, 0.4) is 0 Å². The van der Waals surface area contributed by atoms with E-state index in [-0.39, 0.29) is 11.9 Å². The average Bonchev–Trinajstić information content (AvgIpc) is 2.27. The fourth-order valence-corrected chi connectivity index (χ4v) is 2.29. The summed E-state index contributed by atoms with van der Waals surface area (Å²) in [7, 11) is 1.88. The van der Waals surface area contributed by atoms with Gasteiger partial charge in [-0.2, -0.15) is 0 Å². The highest BCUT2D eigenvalue weighted by molar-refractivity contribution is 5.81. The predicted octanol–water partition coefficient (Wildman–Crippen LogP) is 0.665. The summed E-state index contributed by atoms with van der Waals surface area (Å²) < 4.78 is 0. The van der Waals surface area contributed by atoms with Crippen LogP contribution in [0.1, 0.15) is 33.6 Å². The van der Waals surface area contributed by atoms with Gasteiger partial charge in [-0.05, 0) is 33.6 Å². The molecular weight excluding hydrogens is 202 g/mol. The van der Waals surface area contributed by atoms with Gasteiger partial charge in [0.05, 0.1) is 6.04 Å². The second-order valence-electron chi connectivity index (χ2n) is 5.10. The second kappa shape index (κ2) is 5.64. The van der Waals surface area contributed by atoms with Crippen LogP contribution < -0.4 is 5.73 Å². The number of nitrogens with zero attached hydrogens (tertiary/aromatic N) is 2. The maximum atomic E-state index is 11.7. The predicted molar refractivity (Wildman–Crippen MR) is 66.2 cm³/mol. The highest BCUT2D eigenvalue weighted by atomic mass is 16.2. The molecular formula is C12H25N3O. The molecule has 1 rings (SSSR count). The van der Waals surface area contributed by atoms with Crippen molar-refractivity contribution >= 4 is 5.91 Å². The average molecular weight is 227 g/mol. The molecule has 0 unspecified atom stereocenters. The van der Waals surface area contributed by atoms with Crippen molar-refractivity contribution < 1.29 is 4.79 Å². The zero-order valence-corrected chi connectivity index (χ0v) is 10.9. The molecule has 1 heterocycles. The number of nitrogens with two attached hydrogens (primary N) is 1. The zero-order valence-electron chi connectivity index (χ0n) is 10.9. The van der Waals surface area contributed by atoms with Crippen molar-refractivity contribution in [2.24, 2.45) is 5.73 Å². The third kappa shape index (κ3) is 3.19. The van der Waals surface area contributed by atoms with Crippen molar-refractivity contribution in [1.82, 2.24) is 9.80 Å². The van der Waals surface area contributed by atoms with Crippen LogP contribution in [0.25, 0.3) is 0 Å². The van der Waals surface area contributed by atoms with Crippen LogP contribution >= 0.6 is 0 Å². The first-order valence-corrected chi connectivity index (χ1v) is 6.19. The van der Waals surface area contributed by atoms with Crippen LogP contribution in [0.2, 0.25) is 0 Å². The molecule has 0 aromatic heterocycles. The Morgan fingerprint density at radius 1 is 1.31 bits per heavy atom. The summed E-state index contributed by atoms with van der Waals surface area (Å²) in [4.78, 5) is 16.0. The van der Waals surface area contributed by atoms with E-state index in [0.717, 1.165) is 25.9 Å². The van der Waals surface area contributed by atoms with Gasteiger partial charge in [0.1, 0.15) is 0 Å². The van der Waals surface area contributed by atoms with E-state index in [0.29, 0.717) is 12.1 Å². The molecule has 0 aliphatic carbocycles. The number of rotatable bonds is 3. The van der Waals surface area contributed by atoms with E-state index in [1.165, 1.54) is 0 Å². The van der Waals surface area contributed by atoms with E-state index in [2.05, 4.69) is 18.7 Å². The molecule has 0 radical (unpaired) electrons. The Morgan fingerprint density at radius 2 is 1.81 bits per heavy atom. The van der Waals surface area contributed by atoms with Gasteiger partial charge in [-0.3, -0.25) is 4.79 Å². The van der Waals surface area contributed by atoms with Crippen LogP contribution in [-0.2, 0) is 4.79 Å². The minimum absolute atomic E-state index is 0.0583. The Kier molecular flexibility index (Phi) is 4.74. The van der Waals surface area contributed by atoms with Crippen molar-refractivity contribution in [3.05, 3.63) is 0 Å². The summed E-state index contributed by atoms with van der Waals surface area (Å²) in [6.07, 6.45) is 2.13. The summed E-state index contributed by atoms with van der Waals surface area (Å²) in [5, 5.41) is 0. The Bertz CT molecular complexity index is 232. The van der Waals surface area contributed by atoms with Gasteiger partial charge in [-0.25, -0.2) is 0 Å². The van der Waals surface area contributed by atoms with Crippen molar-refractivity contribution in [3.8, 4) is 0 Å². The normalized spacial score (nSPS) is 21.1. The third-order valence-electron chi connectivity index (χ3n) is 3.51. The summed E-state index contributed by atoms with van der Waals surface area (Å²) in [5.74, 6) is 0.0583. The molecule has 1 saturated heterocycles. The molecule has 2 N–H and O–H groups in total. The second-order valence-corrected chi connectivity index (χ2v) is 5.10. The van der Waals surface area contributed by atoms with Crippen molar-refractivity contribution in [2.45, 2.75) is 51.7 Å². The maximum Gasteiger partial charge on any atom is 0.239 e. The summed E-state index contributed by atoms with van der Waals surface area (Å²) in [6, 6.07) is 0.594. The Labute approximate surface area is 98.8 Å². The molecule has 4 nitrogen and oxygen atoms in total. The van der Waals surface area contributed by atoms with Crippen LogP contribution in [-0.4, -0.2) is 54.0 Å². The smallest absolute Gasteiger partial charge is 0.239 e. The standard InChI is InChI=1S/C12H25N3O/c1-9(2)15-7-5-11(6-8-15)14(4)12(16)10(3)13/h9-11H,5-8,13H2,1-4H3/t10-/m1/s1. The monoisotopic (exact) mass is 227 g/mol. The first-order valence-electron chi connectivity index (χ1n) is 6.19. The van der Waals surface area contributed by atoms with E-state index >= 15 is 0 Å². The summed E-state index contributed by atoms with van der Waals surface area (Å²) >= 11 is 0.